The minimum Gasteiger partial charge on any atom is -0.393 e. The molecule has 1 nitrogen and oxygen atoms in total. The maximum absolute atomic E-state index is 9.54. The smallest absolute Gasteiger partial charge is 0.0570 e. The van der Waals surface area contributed by atoms with Crippen molar-refractivity contribution in [3.05, 3.63) is 0 Å². The fourth-order valence-corrected chi connectivity index (χ4v) is 1.92. The Kier molecular flexibility index (Phi) is 2.72. The van der Waals surface area contributed by atoms with Gasteiger partial charge in [0.2, 0.25) is 0 Å². The molecule has 2 atom stereocenters. The normalized spacial score (nSPS) is 34.8. The van der Waals surface area contributed by atoms with E-state index in [4.69, 9.17) is 0 Å². The maximum Gasteiger partial charge on any atom is 0.0570 e. The molecule has 0 spiro atoms. The van der Waals surface area contributed by atoms with Gasteiger partial charge in [0.15, 0.2) is 0 Å². The van der Waals surface area contributed by atoms with Crippen LogP contribution in [0.15, 0.2) is 0 Å². The highest BCUT2D eigenvalue weighted by molar-refractivity contribution is 4.76. The van der Waals surface area contributed by atoms with E-state index >= 15 is 0 Å². The molecule has 0 bridgehead atoms. The second-order valence-electron chi connectivity index (χ2n) is 3.76. The Morgan fingerprint density at radius 2 is 1.80 bits per heavy atom. The Hall–Kier alpha value is -0.0400. The first kappa shape index (κ1) is 8.06. The number of hydrogen-bond acceptors (Lipinski definition) is 1. The van der Waals surface area contributed by atoms with Crippen LogP contribution in [0, 0.1) is 11.8 Å². The highest BCUT2D eigenvalue weighted by Crippen LogP contribution is 2.29. The Bertz CT molecular complexity index is 98.9. The fourth-order valence-electron chi connectivity index (χ4n) is 1.92. The Morgan fingerprint density at radius 3 is 2.20 bits per heavy atom. The average Bonchev–Trinajstić information content (AvgIpc) is 1.88. The predicted molar refractivity (Wildman–Crippen MR) is 42.8 cm³/mol. The van der Waals surface area contributed by atoms with Gasteiger partial charge in [-0.2, -0.15) is 0 Å². The lowest BCUT2D eigenvalue weighted by Crippen LogP contribution is -2.28. The summed E-state index contributed by atoms with van der Waals surface area (Å²) in [5.41, 5.74) is 0. The van der Waals surface area contributed by atoms with Crippen molar-refractivity contribution in [2.45, 2.75) is 45.6 Å². The summed E-state index contributed by atoms with van der Waals surface area (Å²) in [7, 11) is 0. The lowest BCUT2D eigenvalue weighted by molar-refractivity contribution is 0.0456. The van der Waals surface area contributed by atoms with Crippen molar-refractivity contribution >= 4 is 0 Å². The van der Waals surface area contributed by atoms with Crippen LogP contribution in [-0.2, 0) is 0 Å². The van der Waals surface area contributed by atoms with Gasteiger partial charge in [0.05, 0.1) is 6.10 Å². The summed E-state index contributed by atoms with van der Waals surface area (Å²) < 4.78 is 0. The van der Waals surface area contributed by atoms with E-state index in [2.05, 4.69) is 13.8 Å². The lowest BCUT2D eigenvalue weighted by Gasteiger charge is -2.30. The molecule has 1 fully saturated rings. The Labute approximate surface area is 63.4 Å². The maximum atomic E-state index is 9.54. The SMILES string of the molecule is CC(C)C1CCCCC1O. The van der Waals surface area contributed by atoms with Gasteiger partial charge in [0, 0.05) is 0 Å². The molecule has 0 aromatic carbocycles. The van der Waals surface area contributed by atoms with E-state index in [1.54, 1.807) is 0 Å². The largest absolute Gasteiger partial charge is 0.393 e. The first-order valence-corrected chi connectivity index (χ1v) is 4.40. The van der Waals surface area contributed by atoms with Gasteiger partial charge in [-0.1, -0.05) is 26.7 Å². The molecule has 0 aliphatic heterocycles. The molecule has 0 radical (unpaired) electrons. The molecule has 1 heteroatoms. The standard InChI is InChI=1S/C9H18O/c1-7(2)8-5-3-4-6-9(8)10/h7-10H,3-6H2,1-2H3. The third kappa shape index (κ3) is 1.72. The number of aliphatic hydroxyl groups excluding tert-OH is 1. The van der Waals surface area contributed by atoms with E-state index in [0.717, 1.165) is 6.42 Å². The van der Waals surface area contributed by atoms with Crippen molar-refractivity contribution in [3.63, 3.8) is 0 Å². The zero-order valence-electron chi connectivity index (χ0n) is 7.01. The number of aliphatic hydroxyl groups is 1. The second-order valence-corrected chi connectivity index (χ2v) is 3.76. The van der Waals surface area contributed by atoms with E-state index in [9.17, 15) is 5.11 Å². The van der Waals surface area contributed by atoms with Crippen molar-refractivity contribution in [1.29, 1.82) is 0 Å². The molecule has 0 saturated heterocycles. The molecule has 0 aromatic heterocycles. The van der Waals surface area contributed by atoms with E-state index < -0.39 is 0 Å². The summed E-state index contributed by atoms with van der Waals surface area (Å²) in [6.07, 6.45) is 4.81. The fraction of sp³-hybridized carbons (Fsp3) is 1.00. The van der Waals surface area contributed by atoms with Crippen LogP contribution in [-0.4, -0.2) is 11.2 Å². The molecule has 0 amide bonds. The summed E-state index contributed by atoms with van der Waals surface area (Å²) in [4.78, 5) is 0. The molecule has 2 unspecified atom stereocenters. The average molecular weight is 142 g/mol. The van der Waals surface area contributed by atoms with Crippen LogP contribution >= 0.6 is 0 Å². The van der Waals surface area contributed by atoms with Crippen LogP contribution in [0.2, 0.25) is 0 Å². The Morgan fingerprint density at radius 1 is 1.20 bits per heavy atom. The quantitative estimate of drug-likeness (QED) is 0.595. The molecule has 60 valence electrons. The van der Waals surface area contributed by atoms with Crippen LogP contribution in [0.25, 0.3) is 0 Å². The van der Waals surface area contributed by atoms with E-state index in [1.807, 2.05) is 0 Å². The summed E-state index contributed by atoms with van der Waals surface area (Å²) in [5, 5.41) is 9.54. The van der Waals surface area contributed by atoms with Gasteiger partial charge in [0.25, 0.3) is 0 Å². The van der Waals surface area contributed by atoms with Gasteiger partial charge < -0.3 is 5.11 Å². The highest BCUT2D eigenvalue weighted by atomic mass is 16.3. The van der Waals surface area contributed by atoms with Crippen molar-refractivity contribution in [2.24, 2.45) is 11.8 Å². The van der Waals surface area contributed by atoms with Crippen molar-refractivity contribution < 1.29 is 5.11 Å². The Balaban J connectivity index is 2.40. The zero-order valence-corrected chi connectivity index (χ0v) is 7.01. The summed E-state index contributed by atoms with van der Waals surface area (Å²) in [6, 6.07) is 0. The van der Waals surface area contributed by atoms with Gasteiger partial charge in [0.1, 0.15) is 0 Å². The van der Waals surface area contributed by atoms with E-state index in [-0.39, 0.29) is 6.10 Å². The van der Waals surface area contributed by atoms with Gasteiger partial charge in [-0.05, 0) is 24.7 Å². The third-order valence-corrected chi connectivity index (χ3v) is 2.64. The molecule has 1 aliphatic rings. The van der Waals surface area contributed by atoms with Crippen LogP contribution < -0.4 is 0 Å². The first-order valence-electron chi connectivity index (χ1n) is 4.40. The zero-order chi connectivity index (χ0) is 7.56. The molecular formula is C9H18O. The first-order chi connectivity index (χ1) is 4.72. The highest BCUT2D eigenvalue weighted by Gasteiger charge is 2.24. The topological polar surface area (TPSA) is 20.2 Å². The molecule has 1 aliphatic carbocycles. The number of hydrogen-bond donors (Lipinski definition) is 1. The molecule has 1 rings (SSSR count). The minimum absolute atomic E-state index is 0.00579. The van der Waals surface area contributed by atoms with Crippen LogP contribution in [0.3, 0.4) is 0 Å². The van der Waals surface area contributed by atoms with E-state index in [0.29, 0.717) is 11.8 Å². The van der Waals surface area contributed by atoms with Crippen molar-refractivity contribution in [2.75, 3.05) is 0 Å². The third-order valence-electron chi connectivity index (χ3n) is 2.64. The lowest BCUT2D eigenvalue weighted by atomic mass is 9.79. The van der Waals surface area contributed by atoms with Crippen molar-refractivity contribution in [1.82, 2.24) is 0 Å². The summed E-state index contributed by atoms with van der Waals surface area (Å²) in [5.74, 6) is 1.24. The summed E-state index contributed by atoms with van der Waals surface area (Å²) >= 11 is 0. The van der Waals surface area contributed by atoms with Crippen LogP contribution in [0.1, 0.15) is 39.5 Å². The van der Waals surface area contributed by atoms with Crippen LogP contribution in [0.4, 0.5) is 0 Å². The van der Waals surface area contributed by atoms with Gasteiger partial charge in [-0.25, -0.2) is 0 Å². The monoisotopic (exact) mass is 142 g/mol. The molecule has 0 aromatic rings. The van der Waals surface area contributed by atoms with Gasteiger partial charge in [-0.3, -0.25) is 0 Å². The van der Waals surface area contributed by atoms with Crippen LogP contribution in [0.5, 0.6) is 0 Å². The molecular weight excluding hydrogens is 124 g/mol. The molecule has 1 N–H and O–H groups in total. The molecule has 1 saturated carbocycles. The molecule has 10 heavy (non-hydrogen) atoms. The predicted octanol–water partition coefficient (Wildman–Crippen LogP) is 2.19. The minimum atomic E-state index is -0.00579. The van der Waals surface area contributed by atoms with Crippen molar-refractivity contribution in [3.8, 4) is 0 Å². The summed E-state index contributed by atoms with van der Waals surface area (Å²) in [6.45, 7) is 4.42. The second kappa shape index (κ2) is 3.38. The van der Waals surface area contributed by atoms with Gasteiger partial charge >= 0.3 is 0 Å². The van der Waals surface area contributed by atoms with Gasteiger partial charge in [-0.15, -0.1) is 0 Å². The van der Waals surface area contributed by atoms with E-state index in [1.165, 1.54) is 19.3 Å². The molecule has 0 heterocycles. The number of rotatable bonds is 1.